The smallest absolute Gasteiger partial charge is 0.244 e. The summed E-state index contributed by atoms with van der Waals surface area (Å²) in [5, 5.41) is 3.67. The van der Waals surface area contributed by atoms with Crippen LogP contribution in [0.5, 0.6) is 0 Å². The van der Waals surface area contributed by atoms with E-state index >= 15 is 0 Å². The molecular weight excluding hydrogens is 637 g/mol. The van der Waals surface area contributed by atoms with Gasteiger partial charge in [0.1, 0.15) is 12.6 Å². The summed E-state index contributed by atoms with van der Waals surface area (Å²) in [5.41, 5.74) is 2.58. The molecule has 3 rings (SSSR count). The monoisotopic (exact) mass is 667 g/mol. The van der Waals surface area contributed by atoms with Crippen molar-refractivity contribution in [3.63, 3.8) is 0 Å². The van der Waals surface area contributed by atoms with E-state index in [0.29, 0.717) is 34.3 Å². The Balaban J connectivity index is 2.08. The number of carbonyl (C=O) groups is 2. The Morgan fingerprint density at radius 2 is 1.73 bits per heavy atom. The number of nitrogens with zero attached hydrogens (tertiary/aromatic N) is 2. The van der Waals surface area contributed by atoms with Crippen molar-refractivity contribution in [1.82, 2.24) is 10.2 Å². The van der Waals surface area contributed by atoms with Crippen molar-refractivity contribution in [1.29, 1.82) is 0 Å². The number of hydrogen-bond donors (Lipinski definition) is 1. The molecule has 0 aliphatic rings. The Bertz CT molecular complexity index is 1450. The first-order chi connectivity index (χ1) is 18.9. The van der Waals surface area contributed by atoms with Gasteiger partial charge >= 0.3 is 0 Å². The summed E-state index contributed by atoms with van der Waals surface area (Å²) in [5.74, 6) is -0.890. The lowest BCUT2D eigenvalue weighted by Crippen LogP contribution is -2.53. The van der Waals surface area contributed by atoms with Gasteiger partial charge in [0.25, 0.3) is 0 Å². The Hall–Kier alpha value is -2.59. The van der Waals surface area contributed by atoms with Crippen molar-refractivity contribution in [2.75, 3.05) is 23.7 Å². The Morgan fingerprint density at radius 3 is 2.33 bits per heavy atom. The molecule has 0 saturated heterocycles. The summed E-state index contributed by atoms with van der Waals surface area (Å²) in [4.78, 5) is 29.0. The van der Waals surface area contributed by atoms with Gasteiger partial charge in [-0.25, -0.2) is 8.42 Å². The number of benzene rings is 3. The van der Waals surface area contributed by atoms with Crippen LogP contribution in [0.4, 0.5) is 5.69 Å². The highest BCUT2D eigenvalue weighted by atomic mass is 79.9. The first-order valence-corrected chi connectivity index (χ1v) is 16.1. The van der Waals surface area contributed by atoms with Crippen LogP contribution in [0.25, 0.3) is 0 Å². The number of aryl methyl sites for hydroxylation is 1. The van der Waals surface area contributed by atoms with Crippen molar-refractivity contribution < 1.29 is 18.0 Å². The molecule has 0 aliphatic carbocycles. The predicted molar refractivity (Wildman–Crippen MR) is 165 cm³/mol. The fourth-order valence-electron chi connectivity index (χ4n) is 4.15. The molecule has 214 valence electrons. The number of rotatable bonds is 12. The molecular formula is C29H32BrCl2N3O4S. The number of nitrogens with one attached hydrogen (secondary N) is 1. The lowest BCUT2D eigenvalue weighted by atomic mass is 10.0. The molecule has 0 fully saturated rings. The Morgan fingerprint density at radius 1 is 1.02 bits per heavy atom. The largest absolute Gasteiger partial charge is 0.354 e. The minimum absolute atomic E-state index is 0.0250. The number of carbonyl (C=O) groups excluding carboxylic acids is 2. The number of hydrogen-bond acceptors (Lipinski definition) is 4. The lowest BCUT2D eigenvalue weighted by molar-refractivity contribution is -0.140. The normalized spacial score (nSPS) is 12.1. The van der Waals surface area contributed by atoms with Gasteiger partial charge in [0.15, 0.2) is 0 Å². The zero-order valence-corrected chi connectivity index (χ0v) is 26.4. The van der Waals surface area contributed by atoms with Crippen molar-refractivity contribution in [3.8, 4) is 0 Å². The molecule has 2 amide bonds. The van der Waals surface area contributed by atoms with E-state index < -0.39 is 28.5 Å². The van der Waals surface area contributed by atoms with E-state index in [1.54, 1.807) is 36.4 Å². The molecule has 1 atom stereocenters. The van der Waals surface area contributed by atoms with Gasteiger partial charge in [-0.1, -0.05) is 82.5 Å². The van der Waals surface area contributed by atoms with Gasteiger partial charge in [0.2, 0.25) is 21.8 Å². The highest BCUT2D eigenvalue weighted by molar-refractivity contribution is 9.10. The summed E-state index contributed by atoms with van der Waals surface area (Å²) < 4.78 is 27.7. The van der Waals surface area contributed by atoms with E-state index in [2.05, 4.69) is 21.2 Å². The van der Waals surface area contributed by atoms with Crippen molar-refractivity contribution in [2.24, 2.45) is 0 Å². The zero-order valence-electron chi connectivity index (χ0n) is 22.5. The maximum Gasteiger partial charge on any atom is 0.244 e. The van der Waals surface area contributed by atoms with Gasteiger partial charge in [0, 0.05) is 34.0 Å². The molecule has 0 heterocycles. The molecule has 0 radical (unpaired) electrons. The number of amides is 2. The van der Waals surface area contributed by atoms with Crippen molar-refractivity contribution in [3.05, 3.63) is 97.9 Å². The van der Waals surface area contributed by atoms with Gasteiger partial charge in [-0.15, -0.1) is 0 Å². The Kier molecular flexibility index (Phi) is 11.5. The molecule has 0 spiro atoms. The standard InChI is InChI=1S/C29H32BrCl2N3O4S/c1-4-14-33-29(37)27(16-21-8-6-5-7-9-21)34(18-22-10-11-23(31)17-26(22)32)28(36)19-35(40(3,38)39)24-12-13-25(30)20(2)15-24/h5-13,15,17,27H,4,14,16,18-19H2,1-3H3,(H,33,37)/t27-/m1/s1. The molecule has 3 aromatic rings. The van der Waals surface area contributed by atoms with Gasteiger partial charge in [-0.2, -0.15) is 0 Å². The highest BCUT2D eigenvalue weighted by Gasteiger charge is 2.33. The van der Waals surface area contributed by atoms with E-state index in [9.17, 15) is 18.0 Å². The van der Waals surface area contributed by atoms with E-state index in [-0.39, 0.29) is 18.9 Å². The van der Waals surface area contributed by atoms with Gasteiger partial charge < -0.3 is 10.2 Å². The average molecular weight is 669 g/mol. The summed E-state index contributed by atoms with van der Waals surface area (Å²) in [6, 6.07) is 18.4. The van der Waals surface area contributed by atoms with Crippen LogP contribution in [0, 0.1) is 6.92 Å². The molecule has 0 aromatic heterocycles. The van der Waals surface area contributed by atoms with Gasteiger partial charge in [-0.3, -0.25) is 13.9 Å². The van der Waals surface area contributed by atoms with E-state index in [1.165, 1.54) is 4.90 Å². The van der Waals surface area contributed by atoms with Crippen molar-refractivity contribution in [2.45, 2.75) is 39.3 Å². The van der Waals surface area contributed by atoms with E-state index in [0.717, 1.165) is 26.2 Å². The maximum absolute atomic E-state index is 14.1. The highest BCUT2D eigenvalue weighted by Crippen LogP contribution is 2.27. The maximum atomic E-state index is 14.1. The minimum atomic E-state index is -3.86. The summed E-state index contributed by atoms with van der Waals surface area (Å²) in [6.07, 6.45) is 1.99. The topological polar surface area (TPSA) is 86.8 Å². The third kappa shape index (κ3) is 8.70. The minimum Gasteiger partial charge on any atom is -0.354 e. The van der Waals surface area contributed by atoms with Crippen LogP contribution < -0.4 is 9.62 Å². The van der Waals surface area contributed by atoms with Crippen LogP contribution in [-0.4, -0.2) is 50.5 Å². The molecule has 11 heteroatoms. The van der Waals surface area contributed by atoms with Crippen molar-refractivity contribution >= 4 is 66.7 Å². The predicted octanol–water partition coefficient (Wildman–Crippen LogP) is 6.00. The summed E-state index contributed by atoms with van der Waals surface area (Å²) in [7, 11) is -3.86. The van der Waals surface area contributed by atoms with E-state index in [1.807, 2.05) is 44.2 Å². The number of halogens is 3. The fourth-order valence-corrected chi connectivity index (χ4v) is 5.71. The van der Waals surface area contributed by atoms with Gasteiger partial charge in [-0.05, 0) is 60.4 Å². The van der Waals surface area contributed by atoms with Crippen LogP contribution in [0.1, 0.15) is 30.0 Å². The van der Waals surface area contributed by atoms with Crippen LogP contribution in [0.15, 0.2) is 71.2 Å². The average Bonchev–Trinajstić information content (AvgIpc) is 2.90. The molecule has 0 aliphatic heterocycles. The second-order valence-electron chi connectivity index (χ2n) is 9.46. The first-order valence-electron chi connectivity index (χ1n) is 12.7. The van der Waals surface area contributed by atoms with Crippen LogP contribution in [0.3, 0.4) is 0 Å². The first kappa shape index (κ1) is 31.9. The van der Waals surface area contributed by atoms with Crippen LogP contribution in [0.2, 0.25) is 10.0 Å². The third-order valence-corrected chi connectivity index (χ3v) is 8.90. The second kappa shape index (κ2) is 14.3. The molecule has 0 bridgehead atoms. The van der Waals surface area contributed by atoms with Crippen LogP contribution in [-0.2, 0) is 32.6 Å². The zero-order chi connectivity index (χ0) is 29.4. The SMILES string of the molecule is CCCNC(=O)[C@@H](Cc1ccccc1)N(Cc1ccc(Cl)cc1Cl)C(=O)CN(c1ccc(Br)c(C)c1)S(C)(=O)=O. The lowest BCUT2D eigenvalue weighted by Gasteiger charge is -2.33. The number of anilines is 1. The van der Waals surface area contributed by atoms with Gasteiger partial charge in [0.05, 0.1) is 11.9 Å². The Labute approximate surface area is 254 Å². The third-order valence-electron chi connectivity index (χ3n) is 6.28. The molecule has 0 unspecified atom stereocenters. The second-order valence-corrected chi connectivity index (χ2v) is 13.1. The molecule has 40 heavy (non-hydrogen) atoms. The molecule has 1 N–H and O–H groups in total. The number of sulfonamides is 1. The summed E-state index contributed by atoms with van der Waals surface area (Å²) in [6.45, 7) is 3.67. The quantitative estimate of drug-likeness (QED) is 0.257. The van der Waals surface area contributed by atoms with Crippen LogP contribution >= 0.6 is 39.1 Å². The molecule has 3 aromatic carbocycles. The molecule has 7 nitrogen and oxygen atoms in total. The van der Waals surface area contributed by atoms with E-state index in [4.69, 9.17) is 23.2 Å². The molecule has 0 saturated carbocycles. The fraction of sp³-hybridized carbons (Fsp3) is 0.310. The summed E-state index contributed by atoms with van der Waals surface area (Å²) >= 11 is 16.0.